The first-order valence-corrected chi connectivity index (χ1v) is 5.43. The van der Waals surface area contributed by atoms with Gasteiger partial charge < -0.3 is 9.99 Å². The second kappa shape index (κ2) is 4.79. The molecule has 6 heteroatoms. The molecule has 0 aliphatic rings. The summed E-state index contributed by atoms with van der Waals surface area (Å²) >= 11 is 0. The molecule has 0 radical (unpaired) electrons. The van der Waals surface area contributed by atoms with Crippen molar-refractivity contribution in [3.8, 4) is 0 Å². The number of aryl methyl sites for hydroxylation is 1. The average molecular weight is 246 g/mol. The Balaban J connectivity index is 2.26. The van der Waals surface area contributed by atoms with Crippen molar-refractivity contribution in [2.45, 2.75) is 0 Å². The average Bonchev–Trinajstić information content (AvgIpc) is 2.40. The molecular formula is C12H14N4O2. The van der Waals surface area contributed by atoms with Crippen molar-refractivity contribution in [3.05, 3.63) is 57.4 Å². The number of rotatable bonds is 3. The van der Waals surface area contributed by atoms with Crippen LogP contribution in [0.2, 0.25) is 0 Å². The van der Waals surface area contributed by atoms with E-state index in [0.29, 0.717) is 5.69 Å². The summed E-state index contributed by atoms with van der Waals surface area (Å²) in [5.74, 6) is 0. The Bertz CT molecular complexity index is 658. The number of anilines is 2. The second-order valence-corrected chi connectivity index (χ2v) is 3.92. The van der Waals surface area contributed by atoms with E-state index in [9.17, 15) is 9.59 Å². The first-order valence-electron chi connectivity index (χ1n) is 5.43. The summed E-state index contributed by atoms with van der Waals surface area (Å²) in [5, 5.41) is 0. The number of hydrogen-bond acceptors (Lipinski definition) is 4. The molecule has 1 heterocycles. The van der Waals surface area contributed by atoms with Crippen molar-refractivity contribution < 1.29 is 0 Å². The van der Waals surface area contributed by atoms with Gasteiger partial charge >= 0.3 is 5.69 Å². The number of benzene rings is 1. The van der Waals surface area contributed by atoms with Crippen molar-refractivity contribution >= 4 is 11.4 Å². The van der Waals surface area contributed by atoms with Crippen LogP contribution in [0.1, 0.15) is 0 Å². The Morgan fingerprint density at radius 3 is 2.33 bits per heavy atom. The van der Waals surface area contributed by atoms with Gasteiger partial charge in [0.1, 0.15) is 5.69 Å². The molecule has 0 aliphatic carbocycles. The lowest BCUT2D eigenvalue weighted by Gasteiger charge is -2.11. The van der Waals surface area contributed by atoms with E-state index in [4.69, 9.17) is 0 Å². The molecule has 1 aromatic carbocycles. The van der Waals surface area contributed by atoms with E-state index in [1.807, 2.05) is 30.3 Å². The topological polar surface area (TPSA) is 68.1 Å². The quantitative estimate of drug-likeness (QED) is 0.775. The van der Waals surface area contributed by atoms with Gasteiger partial charge in [-0.15, -0.1) is 0 Å². The lowest BCUT2D eigenvalue weighted by atomic mass is 10.3. The van der Waals surface area contributed by atoms with Crippen LogP contribution in [-0.4, -0.2) is 9.13 Å². The van der Waals surface area contributed by atoms with E-state index < -0.39 is 0 Å². The minimum absolute atomic E-state index is 0.309. The zero-order chi connectivity index (χ0) is 13.1. The molecule has 0 saturated carbocycles. The maximum absolute atomic E-state index is 11.8. The molecule has 0 spiro atoms. The predicted molar refractivity (Wildman–Crippen MR) is 70.6 cm³/mol. The first kappa shape index (κ1) is 12.0. The monoisotopic (exact) mass is 246 g/mol. The van der Waals surface area contributed by atoms with E-state index in [1.165, 1.54) is 17.8 Å². The molecule has 0 bridgehead atoms. The maximum Gasteiger partial charge on any atom is 0.330 e. The van der Waals surface area contributed by atoms with Gasteiger partial charge in [-0.3, -0.25) is 14.8 Å². The van der Waals surface area contributed by atoms with E-state index in [-0.39, 0.29) is 11.2 Å². The fourth-order valence-electron chi connectivity index (χ4n) is 1.55. The maximum atomic E-state index is 11.8. The number of aromatic nitrogens is 2. The van der Waals surface area contributed by atoms with Gasteiger partial charge in [-0.25, -0.2) is 4.79 Å². The minimum atomic E-state index is -0.374. The van der Waals surface area contributed by atoms with Gasteiger partial charge in [-0.2, -0.15) is 0 Å². The van der Waals surface area contributed by atoms with Crippen LogP contribution in [0.4, 0.5) is 11.4 Å². The smallest absolute Gasteiger partial charge is 0.301 e. The molecule has 2 N–H and O–H groups in total. The summed E-state index contributed by atoms with van der Waals surface area (Å²) in [5.41, 5.74) is 6.10. The van der Waals surface area contributed by atoms with E-state index in [0.717, 1.165) is 10.3 Å². The van der Waals surface area contributed by atoms with Crippen molar-refractivity contribution in [3.63, 3.8) is 0 Å². The van der Waals surface area contributed by atoms with Crippen LogP contribution in [-0.2, 0) is 14.1 Å². The van der Waals surface area contributed by atoms with Crippen molar-refractivity contribution in [1.29, 1.82) is 0 Å². The van der Waals surface area contributed by atoms with Gasteiger partial charge in [0.05, 0.1) is 5.69 Å². The Morgan fingerprint density at radius 2 is 1.67 bits per heavy atom. The molecule has 0 unspecified atom stereocenters. The van der Waals surface area contributed by atoms with Crippen molar-refractivity contribution in [1.82, 2.24) is 9.13 Å². The van der Waals surface area contributed by atoms with E-state index in [2.05, 4.69) is 10.9 Å². The molecule has 0 fully saturated rings. The number of para-hydroxylation sites is 1. The summed E-state index contributed by atoms with van der Waals surface area (Å²) < 4.78 is 2.39. The summed E-state index contributed by atoms with van der Waals surface area (Å²) in [7, 11) is 3.04. The fraction of sp³-hybridized carbons (Fsp3) is 0.167. The SMILES string of the molecule is Cn1cc(NNc2ccccc2)c(=O)n(C)c1=O. The summed E-state index contributed by atoms with van der Waals surface area (Å²) in [4.78, 5) is 23.3. The third kappa shape index (κ3) is 2.27. The molecule has 18 heavy (non-hydrogen) atoms. The molecule has 0 saturated heterocycles. The highest BCUT2D eigenvalue weighted by atomic mass is 16.2. The minimum Gasteiger partial charge on any atom is -0.301 e. The Morgan fingerprint density at radius 1 is 1.00 bits per heavy atom. The highest BCUT2D eigenvalue weighted by molar-refractivity contribution is 5.50. The van der Waals surface area contributed by atoms with Crippen LogP contribution in [0.5, 0.6) is 0 Å². The lowest BCUT2D eigenvalue weighted by molar-refractivity contribution is 0.688. The van der Waals surface area contributed by atoms with Gasteiger partial charge in [0, 0.05) is 20.3 Å². The lowest BCUT2D eigenvalue weighted by Crippen LogP contribution is -2.38. The predicted octanol–water partition coefficient (Wildman–Crippen LogP) is 0.523. The third-order valence-corrected chi connectivity index (χ3v) is 2.56. The zero-order valence-electron chi connectivity index (χ0n) is 10.2. The van der Waals surface area contributed by atoms with Crippen molar-refractivity contribution in [2.24, 2.45) is 14.1 Å². The van der Waals surface area contributed by atoms with Crippen LogP contribution in [0.3, 0.4) is 0 Å². The Hall–Kier alpha value is -2.50. The van der Waals surface area contributed by atoms with Crippen molar-refractivity contribution in [2.75, 3.05) is 10.9 Å². The second-order valence-electron chi connectivity index (χ2n) is 3.92. The van der Waals surface area contributed by atoms with Gasteiger partial charge in [0.2, 0.25) is 0 Å². The van der Waals surface area contributed by atoms with Crippen LogP contribution in [0.15, 0.2) is 46.1 Å². The van der Waals surface area contributed by atoms with Crippen LogP contribution in [0, 0.1) is 0 Å². The number of nitrogens with zero attached hydrogens (tertiary/aromatic N) is 2. The van der Waals surface area contributed by atoms with Crippen LogP contribution >= 0.6 is 0 Å². The summed E-state index contributed by atoms with van der Waals surface area (Å²) in [6.07, 6.45) is 1.46. The van der Waals surface area contributed by atoms with Gasteiger partial charge in [-0.05, 0) is 12.1 Å². The molecule has 0 atom stereocenters. The first-order chi connectivity index (χ1) is 8.59. The molecule has 2 rings (SSSR count). The number of hydrogen-bond donors (Lipinski definition) is 2. The Kier molecular flexibility index (Phi) is 3.18. The number of hydrazine groups is 1. The zero-order valence-corrected chi connectivity index (χ0v) is 10.2. The molecule has 94 valence electrons. The molecule has 1 aromatic heterocycles. The third-order valence-electron chi connectivity index (χ3n) is 2.56. The highest BCUT2D eigenvalue weighted by Crippen LogP contribution is 2.05. The Labute approximate surface area is 103 Å². The molecule has 2 aromatic rings. The highest BCUT2D eigenvalue weighted by Gasteiger charge is 2.05. The standard InChI is InChI=1S/C12H14N4O2/c1-15-8-10(11(17)16(2)12(15)18)14-13-9-6-4-3-5-7-9/h3-8,13-14H,1-2H3. The van der Waals surface area contributed by atoms with Gasteiger partial charge in [-0.1, -0.05) is 18.2 Å². The largest absolute Gasteiger partial charge is 0.330 e. The molecular weight excluding hydrogens is 232 g/mol. The molecule has 6 nitrogen and oxygen atoms in total. The van der Waals surface area contributed by atoms with E-state index in [1.54, 1.807) is 7.05 Å². The summed E-state index contributed by atoms with van der Waals surface area (Å²) in [6.45, 7) is 0. The number of nitrogens with one attached hydrogen (secondary N) is 2. The van der Waals surface area contributed by atoms with Gasteiger partial charge in [0.25, 0.3) is 5.56 Å². The normalized spacial score (nSPS) is 10.1. The van der Waals surface area contributed by atoms with Crippen LogP contribution in [0.25, 0.3) is 0 Å². The van der Waals surface area contributed by atoms with Crippen LogP contribution < -0.4 is 22.1 Å². The van der Waals surface area contributed by atoms with Gasteiger partial charge in [0.15, 0.2) is 0 Å². The van der Waals surface area contributed by atoms with E-state index >= 15 is 0 Å². The molecule has 0 amide bonds. The fourth-order valence-corrected chi connectivity index (χ4v) is 1.55. The summed E-state index contributed by atoms with van der Waals surface area (Å²) in [6, 6.07) is 9.38. The molecule has 0 aliphatic heterocycles.